The molecule has 2 fully saturated rings. The Morgan fingerprint density at radius 2 is 1.68 bits per heavy atom. The summed E-state index contributed by atoms with van der Waals surface area (Å²) in [5.41, 5.74) is 0. The Kier molecular flexibility index (Phi) is 5.22. The zero-order valence-corrected chi connectivity index (χ0v) is 12.7. The minimum absolute atomic E-state index is 0.322. The molecule has 0 aliphatic heterocycles. The first-order chi connectivity index (χ1) is 9.15. The van der Waals surface area contributed by atoms with Gasteiger partial charge < -0.3 is 10.2 Å². The van der Waals surface area contributed by atoms with Gasteiger partial charge in [-0.2, -0.15) is 0 Å². The van der Waals surface area contributed by atoms with E-state index in [1.54, 1.807) is 0 Å². The Hall–Kier alpha value is -0.610. The molecule has 110 valence electrons. The molecule has 0 saturated heterocycles. The molecule has 2 aliphatic rings. The lowest BCUT2D eigenvalue weighted by molar-refractivity contribution is -0.133. The topological polar surface area (TPSA) is 35.6 Å². The van der Waals surface area contributed by atoms with Crippen LogP contribution in [0.15, 0.2) is 0 Å². The SMILES string of the molecule is CCN(C(=O)CN(C)C1CCC(NC)CC1)C1CC1. The van der Waals surface area contributed by atoms with E-state index in [-0.39, 0.29) is 0 Å². The quantitative estimate of drug-likeness (QED) is 0.791. The summed E-state index contributed by atoms with van der Waals surface area (Å²) in [5.74, 6) is 0.322. The summed E-state index contributed by atoms with van der Waals surface area (Å²) in [6.45, 7) is 3.55. The van der Waals surface area contributed by atoms with E-state index in [0.29, 0.717) is 30.6 Å². The number of carbonyl (C=O) groups excluding carboxylic acids is 1. The third kappa shape index (κ3) is 3.93. The van der Waals surface area contributed by atoms with E-state index in [0.717, 1.165) is 6.54 Å². The number of carbonyl (C=O) groups is 1. The molecule has 0 radical (unpaired) electrons. The number of amides is 1. The third-order valence-corrected chi connectivity index (χ3v) is 4.76. The van der Waals surface area contributed by atoms with Gasteiger partial charge in [0.15, 0.2) is 0 Å². The van der Waals surface area contributed by atoms with Crippen molar-refractivity contribution in [3.05, 3.63) is 0 Å². The van der Waals surface area contributed by atoms with E-state index in [1.165, 1.54) is 38.5 Å². The van der Waals surface area contributed by atoms with Crippen molar-refractivity contribution in [2.24, 2.45) is 0 Å². The zero-order valence-electron chi connectivity index (χ0n) is 12.7. The van der Waals surface area contributed by atoms with Crippen molar-refractivity contribution in [1.82, 2.24) is 15.1 Å². The van der Waals surface area contributed by atoms with Gasteiger partial charge in [-0.25, -0.2) is 0 Å². The highest BCUT2D eigenvalue weighted by atomic mass is 16.2. The standard InChI is InChI=1S/C15H29N3O/c1-4-18(14-9-10-14)15(19)11-17(3)13-7-5-12(16-2)6-8-13/h12-14,16H,4-11H2,1-3H3. The lowest BCUT2D eigenvalue weighted by atomic mass is 9.90. The number of hydrogen-bond acceptors (Lipinski definition) is 3. The van der Waals surface area contributed by atoms with Crippen LogP contribution in [0.25, 0.3) is 0 Å². The molecular formula is C15H29N3O. The van der Waals surface area contributed by atoms with Crippen LogP contribution in [0, 0.1) is 0 Å². The van der Waals surface area contributed by atoms with Gasteiger partial charge in [0, 0.05) is 24.7 Å². The van der Waals surface area contributed by atoms with Gasteiger partial charge in [0.05, 0.1) is 6.54 Å². The molecule has 0 aromatic heterocycles. The predicted molar refractivity (Wildman–Crippen MR) is 78.1 cm³/mol. The molecule has 4 nitrogen and oxygen atoms in total. The van der Waals surface area contributed by atoms with Crippen LogP contribution in [0.3, 0.4) is 0 Å². The van der Waals surface area contributed by atoms with E-state index >= 15 is 0 Å². The molecule has 0 heterocycles. The van der Waals surface area contributed by atoms with Crippen LogP contribution in [-0.2, 0) is 4.79 Å². The molecule has 0 atom stereocenters. The third-order valence-electron chi connectivity index (χ3n) is 4.76. The number of hydrogen-bond donors (Lipinski definition) is 1. The van der Waals surface area contributed by atoms with Crippen LogP contribution in [-0.4, -0.2) is 61.0 Å². The molecule has 0 aromatic rings. The molecule has 0 aromatic carbocycles. The Morgan fingerprint density at radius 3 is 2.16 bits per heavy atom. The summed E-state index contributed by atoms with van der Waals surface area (Å²) in [7, 11) is 4.16. The monoisotopic (exact) mass is 267 g/mol. The average molecular weight is 267 g/mol. The van der Waals surface area contributed by atoms with Gasteiger partial charge in [0.2, 0.25) is 5.91 Å². The van der Waals surface area contributed by atoms with Crippen LogP contribution in [0.2, 0.25) is 0 Å². The van der Waals surface area contributed by atoms with Crippen LogP contribution in [0.4, 0.5) is 0 Å². The normalized spacial score (nSPS) is 27.6. The minimum Gasteiger partial charge on any atom is -0.339 e. The van der Waals surface area contributed by atoms with E-state index in [9.17, 15) is 4.79 Å². The first-order valence-corrected chi connectivity index (χ1v) is 7.82. The lowest BCUT2D eigenvalue weighted by Gasteiger charge is -2.35. The summed E-state index contributed by atoms with van der Waals surface area (Å²) in [5, 5.41) is 3.36. The average Bonchev–Trinajstić information content (AvgIpc) is 3.24. The number of rotatable bonds is 6. The van der Waals surface area contributed by atoms with Crippen molar-refractivity contribution in [1.29, 1.82) is 0 Å². The summed E-state index contributed by atoms with van der Waals surface area (Å²) >= 11 is 0. The van der Waals surface area contributed by atoms with Crippen LogP contribution < -0.4 is 5.32 Å². The van der Waals surface area contributed by atoms with E-state index < -0.39 is 0 Å². The molecule has 2 rings (SSSR count). The maximum Gasteiger partial charge on any atom is 0.236 e. The Morgan fingerprint density at radius 1 is 1.11 bits per heavy atom. The fourth-order valence-corrected chi connectivity index (χ4v) is 3.26. The molecule has 4 heteroatoms. The van der Waals surface area contributed by atoms with E-state index in [1.807, 2.05) is 7.05 Å². The van der Waals surface area contributed by atoms with Gasteiger partial charge in [-0.05, 0) is 59.5 Å². The van der Waals surface area contributed by atoms with Gasteiger partial charge in [-0.1, -0.05) is 0 Å². The first kappa shape index (κ1) is 14.8. The summed E-state index contributed by atoms with van der Waals surface area (Å²) < 4.78 is 0. The van der Waals surface area contributed by atoms with Crippen molar-refractivity contribution in [3.8, 4) is 0 Å². The Labute approximate surface area is 117 Å². The maximum absolute atomic E-state index is 12.3. The highest BCUT2D eigenvalue weighted by molar-refractivity contribution is 5.78. The maximum atomic E-state index is 12.3. The number of nitrogens with one attached hydrogen (secondary N) is 1. The smallest absolute Gasteiger partial charge is 0.236 e. The predicted octanol–water partition coefficient (Wildman–Crippen LogP) is 1.46. The molecule has 19 heavy (non-hydrogen) atoms. The van der Waals surface area contributed by atoms with Crippen molar-refractivity contribution >= 4 is 5.91 Å². The first-order valence-electron chi connectivity index (χ1n) is 7.82. The van der Waals surface area contributed by atoms with Gasteiger partial charge >= 0.3 is 0 Å². The number of nitrogens with zero attached hydrogens (tertiary/aromatic N) is 2. The largest absolute Gasteiger partial charge is 0.339 e. The van der Waals surface area contributed by atoms with Crippen LogP contribution in [0.1, 0.15) is 45.4 Å². The van der Waals surface area contributed by atoms with Gasteiger partial charge in [-0.3, -0.25) is 9.69 Å². The second-order valence-electron chi connectivity index (χ2n) is 6.12. The molecular weight excluding hydrogens is 238 g/mol. The van der Waals surface area contributed by atoms with Crippen LogP contribution in [0.5, 0.6) is 0 Å². The molecule has 2 aliphatic carbocycles. The second-order valence-corrected chi connectivity index (χ2v) is 6.12. The molecule has 1 amide bonds. The summed E-state index contributed by atoms with van der Waals surface area (Å²) in [6, 6.07) is 1.82. The van der Waals surface area contributed by atoms with Crippen LogP contribution >= 0.6 is 0 Å². The van der Waals surface area contributed by atoms with Gasteiger partial charge in [0.25, 0.3) is 0 Å². The summed E-state index contributed by atoms with van der Waals surface area (Å²) in [4.78, 5) is 16.6. The van der Waals surface area contributed by atoms with Gasteiger partial charge in [0.1, 0.15) is 0 Å². The van der Waals surface area contributed by atoms with Gasteiger partial charge in [-0.15, -0.1) is 0 Å². The molecule has 0 bridgehead atoms. The fraction of sp³-hybridized carbons (Fsp3) is 0.933. The summed E-state index contributed by atoms with van der Waals surface area (Å²) in [6.07, 6.45) is 7.31. The highest BCUT2D eigenvalue weighted by Crippen LogP contribution is 2.27. The minimum atomic E-state index is 0.322. The Balaban J connectivity index is 1.77. The number of likely N-dealkylation sites (N-methyl/N-ethyl adjacent to an activating group) is 2. The van der Waals surface area contributed by atoms with Crippen molar-refractivity contribution < 1.29 is 4.79 Å². The van der Waals surface area contributed by atoms with Crippen molar-refractivity contribution in [2.75, 3.05) is 27.2 Å². The van der Waals surface area contributed by atoms with Crippen molar-refractivity contribution in [3.63, 3.8) is 0 Å². The molecule has 0 spiro atoms. The molecule has 2 saturated carbocycles. The second kappa shape index (κ2) is 6.71. The van der Waals surface area contributed by atoms with E-state index in [4.69, 9.17) is 0 Å². The fourth-order valence-electron chi connectivity index (χ4n) is 3.26. The van der Waals surface area contributed by atoms with E-state index in [2.05, 4.69) is 29.1 Å². The highest BCUT2D eigenvalue weighted by Gasteiger charge is 2.32. The van der Waals surface area contributed by atoms with Crippen molar-refractivity contribution in [2.45, 2.75) is 63.6 Å². The molecule has 1 N–H and O–H groups in total. The Bertz CT molecular complexity index is 296. The zero-order chi connectivity index (χ0) is 13.8. The molecule has 0 unspecified atom stereocenters. The lowest BCUT2D eigenvalue weighted by Crippen LogP contribution is -2.45.